The molecule has 0 aliphatic carbocycles. The van der Waals surface area contributed by atoms with Gasteiger partial charge in [0.25, 0.3) is 0 Å². The second-order valence-corrected chi connectivity index (χ2v) is 3.49. The van der Waals surface area contributed by atoms with Crippen LogP contribution in [0.3, 0.4) is 0 Å². The molecule has 0 spiro atoms. The monoisotopic (exact) mass is 195 g/mol. The first-order chi connectivity index (χ1) is 6.60. The average Bonchev–Trinajstić information content (AvgIpc) is 2.15. The minimum absolute atomic E-state index is 0.0692. The van der Waals surface area contributed by atoms with Gasteiger partial charge in [-0.3, -0.25) is 0 Å². The smallest absolute Gasteiger partial charge is 0.124 e. The van der Waals surface area contributed by atoms with Crippen molar-refractivity contribution in [2.45, 2.75) is 19.9 Å². The van der Waals surface area contributed by atoms with Gasteiger partial charge < -0.3 is 15.6 Å². The van der Waals surface area contributed by atoms with Crippen LogP contribution in [0.15, 0.2) is 12.1 Å². The van der Waals surface area contributed by atoms with Crippen molar-refractivity contribution >= 4 is 0 Å². The number of aliphatic hydroxyl groups excluding tert-OH is 1. The van der Waals surface area contributed by atoms with E-state index in [1.807, 2.05) is 26.0 Å². The molecule has 0 aromatic heterocycles. The largest absolute Gasteiger partial charge is 0.496 e. The highest BCUT2D eigenvalue weighted by Gasteiger charge is 2.14. The van der Waals surface area contributed by atoms with Crippen LogP contribution >= 0.6 is 0 Å². The Kier molecular flexibility index (Phi) is 3.49. The van der Waals surface area contributed by atoms with Crippen molar-refractivity contribution in [2.24, 2.45) is 5.73 Å². The van der Waals surface area contributed by atoms with Crippen LogP contribution < -0.4 is 10.5 Å². The molecular weight excluding hydrogens is 178 g/mol. The SMILES string of the molecule is COc1cc(C)cc(C)c1C(N)CO. The van der Waals surface area contributed by atoms with Gasteiger partial charge in [0.15, 0.2) is 0 Å². The number of aliphatic hydroxyl groups is 1. The predicted molar refractivity (Wildman–Crippen MR) is 56.5 cm³/mol. The lowest BCUT2D eigenvalue weighted by Crippen LogP contribution is -2.17. The Morgan fingerprint density at radius 3 is 2.57 bits per heavy atom. The minimum Gasteiger partial charge on any atom is -0.496 e. The summed E-state index contributed by atoms with van der Waals surface area (Å²) in [4.78, 5) is 0. The van der Waals surface area contributed by atoms with E-state index < -0.39 is 0 Å². The molecule has 0 saturated heterocycles. The van der Waals surface area contributed by atoms with Gasteiger partial charge in [0.05, 0.1) is 19.8 Å². The van der Waals surface area contributed by atoms with Crippen molar-refractivity contribution < 1.29 is 9.84 Å². The van der Waals surface area contributed by atoms with Gasteiger partial charge in [0.1, 0.15) is 5.75 Å². The third-order valence-corrected chi connectivity index (χ3v) is 2.28. The summed E-state index contributed by atoms with van der Waals surface area (Å²) in [6, 6.07) is 3.59. The van der Waals surface area contributed by atoms with Crippen molar-refractivity contribution in [3.05, 3.63) is 28.8 Å². The quantitative estimate of drug-likeness (QED) is 0.764. The average molecular weight is 195 g/mol. The number of ether oxygens (including phenoxy) is 1. The van der Waals surface area contributed by atoms with E-state index >= 15 is 0 Å². The van der Waals surface area contributed by atoms with Crippen LogP contribution in [0.1, 0.15) is 22.7 Å². The lowest BCUT2D eigenvalue weighted by molar-refractivity contribution is 0.264. The number of benzene rings is 1. The van der Waals surface area contributed by atoms with E-state index in [0.717, 1.165) is 22.4 Å². The van der Waals surface area contributed by atoms with E-state index in [9.17, 15) is 0 Å². The summed E-state index contributed by atoms with van der Waals surface area (Å²) in [6.45, 7) is 3.91. The van der Waals surface area contributed by atoms with Crippen LogP contribution in [-0.4, -0.2) is 18.8 Å². The molecule has 0 radical (unpaired) electrons. The van der Waals surface area contributed by atoms with E-state index in [4.69, 9.17) is 15.6 Å². The van der Waals surface area contributed by atoms with Crippen LogP contribution in [0.5, 0.6) is 5.75 Å². The van der Waals surface area contributed by atoms with Crippen LogP contribution in [-0.2, 0) is 0 Å². The summed E-state index contributed by atoms with van der Waals surface area (Å²) in [5.74, 6) is 0.754. The lowest BCUT2D eigenvalue weighted by atomic mass is 9.99. The van der Waals surface area contributed by atoms with Gasteiger partial charge in [-0.2, -0.15) is 0 Å². The molecule has 0 aliphatic heterocycles. The van der Waals surface area contributed by atoms with Crippen molar-refractivity contribution in [1.82, 2.24) is 0 Å². The molecule has 1 aromatic rings. The standard InChI is InChI=1S/C11H17NO2/c1-7-4-8(2)11(9(12)6-13)10(5-7)14-3/h4-5,9,13H,6,12H2,1-3H3. The Bertz CT molecular complexity index is 323. The molecule has 1 atom stereocenters. The maximum absolute atomic E-state index is 9.02. The van der Waals surface area contributed by atoms with Crippen LogP contribution in [0.25, 0.3) is 0 Å². The first-order valence-electron chi connectivity index (χ1n) is 4.61. The Labute approximate surface area is 84.5 Å². The van der Waals surface area contributed by atoms with Gasteiger partial charge in [0, 0.05) is 5.56 Å². The molecule has 3 nitrogen and oxygen atoms in total. The van der Waals surface area contributed by atoms with E-state index in [1.165, 1.54) is 0 Å². The molecular formula is C11H17NO2. The molecule has 1 aromatic carbocycles. The Balaban J connectivity index is 3.24. The molecule has 0 heterocycles. The zero-order valence-corrected chi connectivity index (χ0v) is 8.87. The number of methoxy groups -OCH3 is 1. The van der Waals surface area contributed by atoms with Crippen LogP contribution in [0.2, 0.25) is 0 Å². The van der Waals surface area contributed by atoms with Crippen molar-refractivity contribution in [2.75, 3.05) is 13.7 Å². The van der Waals surface area contributed by atoms with Gasteiger partial charge in [-0.15, -0.1) is 0 Å². The summed E-state index contributed by atoms with van der Waals surface area (Å²) in [7, 11) is 1.61. The van der Waals surface area contributed by atoms with E-state index in [-0.39, 0.29) is 12.6 Å². The summed E-state index contributed by atoms with van der Waals surface area (Å²) in [5.41, 5.74) is 8.87. The highest BCUT2D eigenvalue weighted by Crippen LogP contribution is 2.28. The molecule has 1 unspecified atom stereocenters. The molecule has 78 valence electrons. The maximum atomic E-state index is 9.02. The van der Waals surface area contributed by atoms with Crippen molar-refractivity contribution in [3.63, 3.8) is 0 Å². The van der Waals surface area contributed by atoms with Crippen LogP contribution in [0.4, 0.5) is 0 Å². The zero-order valence-electron chi connectivity index (χ0n) is 8.87. The molecule has 3 heteroatoms. The Morgan fingerprint density at radius 1 is 1.43 bits per heavy atom. The molecule has 0 aliphatic rings. The molecule has 0 bridgehead atoms. The fourth-order valence-corrected chi connectivity index (χ4v) is 1.68. The molecule has 14 heavy (non-hydrogen) atoms. The van der Waals surface area contributed by atoms with Gasteiger partial charge in [-0.25, -0.2) is 0 Å². The third kappa shape index (κ3) is 2.05. The fourth-order valence-electron chi connectivity index (χ4n) is 1.68. The van der Waals surface area contributed by atoms with Crippen molar-refractivity contribution in [3.8, 4) is 5.75 Å². The summed E-state index contributed by atoms with van der Waals surface area (Å²) in [5, 5.41) is 9.02. The highest BCUT2D eigenvalue weighted by atomic mass is 16.5. The third-order valence-electron chi connectivity index (χ3n) is 2.28. The van der Waals surface area contributed by atoms with Gasteiger partial charge in [-0.05, 0) is 31.0 Å². The maximum Gasteiger partial charge on any atom is 0.124 e. The van der Waals surface area contributed by atoms with Gasteiger partial charge in [0.2, 0.25) is 0 Å². The van der Waals surface area contributed by atoms with Crippen LogP contribution in [0, 0.1) is 13.8 Å². The number of nitrogens with two attached hydrogens (primary N) is 1. The van der Waals surface area contributed by atoms with Crippen molar-refractivity contribution in [1.29, 1.82) is 0 Å². The first-order valence-corrected chi connectivity index (χ1v) is 4.61. The molecule has 0 fully saturated rings. The zero-order chi connectivity index (χ0) is 10.7. The lowest BCUT2D eigenvalue weighted by Gasteiger charge is -2.17. The summed E-state index contributed by atoms with van der Waals surface area (Å²) >= 11 is 0. The molecule has 0 saturated carbocycles. The Morgan fingerprint density at radius 2 is 2.07 bits per heavy atom. The normalized spacial score (nSPS) is 12.6. The van der Waals surface area contributed by atoms with Gasteiger partial charge >= 0.3 is 0 Å². The number of hydrogen-bond donors (Lipinski definition) is 2. The topological polar surface area (TPSA) is 55.5 Å². The number of rotatable bonds is 3. The minimum atomic E-state index is -0.370. The molecule has 3 N–H and O–H groups in total. The summed E-state index contributed by atoms with van der Waals surface area (Å²) < 4.78 is 5.24. The first kappa shape index (κ1) is 11.0. The Hall–Kier alpha value is -1.06. The number of aryl methyl sites for hydroxylation is 2. The van der Waals surface area contributed by atoms with E-state index in [1.54, 1.807) is 7.11 Å². The highest BCUT2D eigenvalue weighted by molar-refractivity contribution is 5.44. The van der Waals surface area contributed by atoms with E-state index in [0.29, 0.717) is 0 Å². The second kappa shape index (κ2) is 4.44. The second-order valence-electron chi connectivity index (χ2n) is 3.49. The predicted octanol–water partition coefficient (Wildman–Crippen LogP) is 1.30. The molecule has 0 amide bonds. The van der Waals surface area contributed by atoms with Gasteiger partial charge in [-0.1, -0.05) is 6.07 Å². The molecule has 1 rings (SSSR count). The summed E-state index contributed by atoms with van der Waals surface area (Å²) in [6.07, 6.45) is 0. The fraction of sp³-hybridized carbons (Fsp3) is 0.455. The van der Waals surface area contributed by atoms with E-state index in [2.05, 4.69) is 0 Å². The number of hydrogen-bond acceptors (Lipinski definition) is 3.